The van der Waals surface area contributed by atoms with Gasteiger partial charge in [0.2, 0.25) is 23.6 Å². The van der Waals surface area contributed by atoms with E-state index in [0.717, 1.165) is 55.4 Å². The molecule has 27 heteroatoms. The van der Waals surface area contributed by atoms with Crippen LogP contribution in [0.1, 0.15) is 136 Å². The average molecular weight is 1440 g/mol. The number of ether oxygens (including phenoxy) is 8. The molecule has 26 nitrogen and oxygen atoms in total. The van der Waals surface area contributed by atoms with Gasteiger partial charge in [-0.1, -0.05) is 64.2 Å². The molecule has 5 N–H and O–H groups in total. The van der Waals surface area contributed by atoms with Crippen LogP contribution in [-0.4, -0.2) is 253 Å². The van der Waals surface area contributed by atoms with Crippen molar-refractivity contribution in [3.8, 4) is 0 Å². The van der Waals surface area contributed by atoms with Crippen molar-refractivity contribution in [2.75, 3.05) is 117 Å². The van der Waals surface area contributed by atoms with Crippen LogP contribution >= 0.6 is 12.2 Å². The summed E-state index contributed by atoms with van der Waals surface area (Å²) >= 11 is 5.73. The van der Waals surface area contributed by atoms with Crippen LogP contribution < -0.4 is 20.9 Å². The number of piperidine rings is 1. The van der Waals surface area contributed by atoms with E-state index in [2.05, 4.69) is 40.0 Å². The first-order valence-electron chi connectivity index (χ1n) is 36.8. The van der Waals surface area contributed by atoms with Crippen LogP contribution in [0.4, 0.5) is 11.9 Å². The summed E-state index contributed by atoms with van der Waals surface area (Å²) in [5.41, 5.74) is 10.4. The molecular formula is C75H115N11O15S. The van der Waals surface area contributed by atoms with Crippen molar-refractivity contribution in [1.82, 2.24) is 40.0 Å². The highest BCUT2D eigenvalue weighted by atomic mass is 32.1. The second-order valence-corrected chi connectivity index (χ2v) is 29.3. The highest BCUT2D eigenvalue weighted by Gasteiger charge is 2.53. The van der Waals surface area contributed by atoms with Crippen molar-refractivity contribution in [2.45, 2.75) is 205 Å². The molecule has 6 aliphatic rings. The van der Waals surface area contributed by atoms with Crippen LogP contribution in [0.2, 0.25) is 0 Å². The number of aromatic nitrogens is 4. The number of fused-ring (bicyclic) bond motifs is 3. The Kier molecular flexibility index (Phi) is 31.7. The fraction of sp³-hybridized carbons (Fsp3) is 0.707. The number of cyclic esters (lactones) is 1. The van der Waals surface area contributed by atoms with E-state index in [0.29, 0.717) is 128 Å². The van der Waals surface area contributed by atoms with Crippen molar-refractivity contribution in [2.24, 2.45) is 35.3 Å². The molecule has 1 aliphatic carbocycles. The van der Waals surface area contributed by atoms with Gasteiger partial charge in [-0.05, 0) is 126 Å². The Balaban J connectivity index is 0.860. The molecular weight excluding hydrogens is 1330 g/mol. The van der Waals surface area contributed by atoms with Gasteiger partial charge in [0.1, 0.15) is 30.5 Å². The quantitative estimate of drug-likeness (QED) is 0.0425. The number of nitrogens with zero attached hydrogens (tertiary/aromatic N) is 9. The zero-order valence-electron chi connectivity index (χ0n) is 62.0. The number of aliphatic hydroxyl groups excluding tert-OH is 1. The first kappa shape index (κ1) is 81.4. The Morgan fingerprint density at radius 1 is 0.745 bits per heavy atom. The standard InChI is InChI=1S/C75H115N11O15S/c1-48-17-13-12-14-18-50(3)61(94-8)41-57-22-20-54(7)75(93,101-57)69(90)70(91)86-25-16-15-19-59(86)71(92)99-63(42-62(95-9)51(4)38-53(6)67(89)68(97-11)66(88)52(5)37-48)58(76)39-55-21-23-60(64(40-55)96-10)100-74(102)81-47-56-45-79-73(80-46-56)85-32-30-83(31-33-85)65(87)24-35-98-36-34-82-26-28-84(29-27-82)72-77-43-49(2)44-78-72/h12-14,17-18,38,43-46,48,51-52,54-55,57-64,67-68,89,93H,15-16,19-37,39-42,47,76H2,1-11H3,(H,81,102)/b14-12+,17-13+,50-18+,53-38+/t48-,51-,52-,54-,55+,57+,58-,59+,60-,61+,62-,63+,64-,67-,68+,75-/m1/s1. The van der Waals surface area contributed by atoms with Crippen LogP contribution in [0.25, 0.3) is 0 Å². The van der Waals surface area contributed by atoms with Crippen molar-refractivity contribution < 1.29 is 72.1 Å². The lowest BCUT2D eigenvalue weighted by Crippen LogP contribution is -2.61. The largest absolute Gasteiger partial charge is 0.465 e. The van der Waals surface area contributed by atoms with Gasteiger partial charge in [0.05, 0.1) is 44.1 Å². The SMILES string of the molecule is CO[C@H]1C[C@@H]2CC[C@@H](C)[C@@](O)(O2)C(=O)C(=O)N2CCCC[C@H]2C(=O)O[C@H]([C@H](N)C[C@@H]2CC[C@@H](OC(=S)NCc3cnc(N4CCN(C(=O)CCOCCN5CCN(c6ncc(C)cn6)CC5)CC4)nc3)[C@H](OC)C2)C[C@@H](OC)[C@H](C)/C=C(\C)[C@@H](O)[C@@H](OC)C(=O)[C@H](C)C[C@H](C)/C=C/C=C/C=C/1C. The molecule has 5 fully saturated rings. The predicted molar refractivity (Wildman–Crippen MR) is 390 cm³/mol. The van der Waals surface area contributed by atoms with E-state index in [4.69, 9.17) is 55.8 Å². The van der Waals surface area contributed by atoms with E-state index in [1.54, 1.807) is 47.6 Å². The van der Waals surface area contributed by atoms with Crippen LogP contribution in [0.3, 0.4) is 0 Å². The van der Waals surface area contributed by atoms with Gasteiger partial charge in [-0.25, -0.2) is 24.7 Å². The molecule has 0 aromatic carbocycles. The van der Waals surface area contributed by atoms with Gasteiger partial charge in [-0.15, -0.1) is 0 Å². The van der Waals surface area contributed by atoms with E-state index in [9.17, 15) is 34.2 Å². The molecule has 0 radical (unpaired) electrons. The number of piperazine rings is 2. The number of esters is 1. The van der Waals surface area contributed by atoms with Gasteiger partial charge in [0.25, 0.3) is 16.9 Å². The summed E-state index contributed by atoms with van der Waals surface area (Å²) in [6.45, 7) is 21.1. The fourth-order valence-electron chi connectivity index (χ4n) is 14.9. The average Bonchev–Trinajstić information content (AvgIpc) is 0.773. The van der Waals surface area contributed by atoms with Gasteiger partial charge < -0.3 is 78.8 Å². The smallest absolute Gasteiger partial charge is 0.329 e. The number of rotatable bonds is 18. The number of methoxy groups -OCH3 is 4. The molecule has 4 saturated heterocycles. The van der Waals surface area contributed by atoms with E-state index >= 15 is 0 Å². The molecule has 5 aliphatic heterocycles. The number of ketones is 2. The third-order valence-corrected chi connectivity index (χ3v) is 21.6. The number of amides is 2. The number of aryl methyl sites for hydroxylation is 1. The summed E-state index contributed by atoms with van der Waals surface area (Å²) in [6, 6.07) is -1.94. The molecule has 0 spiro atoms. The highest BCUT2D eigenvalue weighted by Crippen LogP contribution is 2.38. The minimum absolute atomic E-state index is 0.0103. The molecule has 7 heterocycles. The lowest BCUT2D eigenvalue weighted by molar-refractivity contribution is -0.265. The minimum atomic E-state index is -2.46. The summed E-state index contributed by atoms with van der Waals surface area (Å²) in [4.78, 5) is 99.1. The molecule has 0 unspecified atom stereocenters. The zero-order valence-corrected chi connectivity index (χ0v) is 62.8. The summed E-state index contributed by atoms with van der Waals surface area (Å²) in [6.07, 6.45) is 18.4. The van der Waals surface area contributed by atoms with E-state index < -0.39 is 89.9 Å². The van der Waals surface area contributed by atoms with Crippen molar-refractivity contribution in [1.29, 1.82) is 0 Å². The number of thiocarbonyl (C=S) groups is 1. The lowest BCUT2D eigenvalue weighted by atomic mass is 9.80. The van der Waals surface area contributed by atoms with Crippen LogP contribution in [0.15, 0.2) is 72.4 Å². The first-order chi connectivity index (χ1) is 48.9. The second-order valence-electron chi connectivity index (χ2n) is 28.9. The Morgan fingerprint density at radius 2 is 1.42 bits per heavy atom. The van der Waals surface area contributed by atoms with Crippen LogP contribution in [0.5, 0.6) is 0 Å². The topological polar surface area (TPSA) is 305 Å². The van der Waals surface area contributed by atoms with Crippen molar-refractivity contribution >= 4 is 58.6 Å². The number of carbonyl (C=O) groups excluding carboxylic acids is 5. The zero-order chi connectivity index (χ0) is 73.6. The number of anilines is 2. The maximum atomic E-state index is 14.9. The molecule has 1 saturated carbocycles. The van der Waals surface area contributed by atoms with Crippen molar-refractivity contribution in [3.63, 3.8) is 0 Å². The normalized spacial score (nSPS) is 32.6. The van der Waals surface area contributed by atoms with E-state index in [1.165, 1.54) is 12.0 Å². The van der Waals surface area contributed by atoms with Gasteiger partial charge in [0, 0.05) is 167 Å². The third kappa shape index (κ3) is 22.6. The van der Waals surface area contributed by atoms with Gasteiger partial charge in [-0.3, -0.25) is 24.1 Å². The molecule has 2 amide bonds. The number of Topliss-reactive ketones (excluding diaryl/α,β-unsaturated/α-hetero) is 2. The number of aliphatic hydroxyl groups is 2. The Bertz CT molecular complexity index is 3170. The number of nitrogens with one attached hydrogen (secondary N) is 1. The maximum Gasteiger partial charge on any atom is 0.329 e. The number of allylic oxidation sites excluding steroid dienone is 5. The van der Waals surface area contributed by atoms with Gasteiger partial charge in [0.15, 0.2) is 5.78 Å². The molecule has 8 rings (SSSR count). The van der Waals surface area contributed by atoms with Gasteiger partial charge in [-0.2, -0.15) is 0 Å². The minimum Gasteiger partial charge on any atom is -0.465 e. The molecule has 102 heavy (non-hydrogen) atoms. The van der Waals surface area contributed by atoms with Crippen LogP contribution in [0, 0.1) is 36.5 Å². The third-order valence-electron chi connectivity index (χ3n) is 21.4. The number of hydrogen-bond acceptors (Lipinski definition) is 24. The molecule has 2 bridgehead atoms. The monoisotopic (exact) mass is 1440 g/mol. The summed E-state index contributed by atoms with van der Waals surface area (Å²) in [7, 11) is 6.17. The fourth-order valence-corrected chi connectivity index (χ4v) is 15.1. The van der Waals surface area contributed by atoms with E-state index in [1.807, 2.05) is 88.4 Å². The lowest BCUT2D eigenvalue weighted by Gasteiger charge is -2.43. The molecule has 16 atom stereocenters. The summed E-state index contributed by atoms with van der Waals surface area (Å²) in [5.74, 6) is -5.79. The number of hydrogen-bond donors (Lipinski definition) is 4. The Hall–Kier alpha value is -6.24. The second kappa shape index (κ2) is 39.8. The van der Waals surface area contributed by atoms with Gasteiger partial charge >= 0.3 is 5.97 Å². The molecule has 2 aromatic heterocycles. The summed E-state index contributed by atoms with van der Waals surface area (Å²) < 4.78 is 48.8. The maximum absolute atomic E-state index is 14.9. The van der Waals surface area contributed by atoms with Crippen molar-refractivity contribution in [3.05, 3.63) is 83.5 Å². The number of nitrogens with two attached hydrogens (primary N) is 1. The Labute approximate surface area is 608 Å². The first-order valence-corrected chi connectivity index (χ1v) is 37.2. The Morgan fingerprint density at radius 3 is 2.09 bits per heavy atom. The van der Waals surface area contributed by atoms with E-state index in [-0.39, 0.29) is 60.3 Å². The predicted octanol–water partition coefficient (Wildman–Crippen LogP) is 6.18. The highest BCUT2D eigenvalue weighted by molar-refractivity contribution is 7.80. The summed E-state index contributed by atoms with van der Waals surface area (Å²) in [5, 5.41) is 27.3. The molecule has 2 aromatic rings. The van der Waals surface area contributed by atoms with Crippen LogP contribution in [-0.2, 0) is 68.4 Å². The number of carbonyl (C=O) groups is 5. The molecule has 566 valence electrons.